The molecule has 0 aromatic heterocycles. The lowest BCUT2D eigenvalue weighted by Crippen LogP contribution is -2.03. The highest BCUT2D eigenvalue weighted by atomic mass is 16.5. The van der Waals surface area contributed by atoms with Gasteiger partial charge in [0.05, 0.1) is 19.8 Å². The summed E-state index contributed by atoms with van der Waals surface area (Å²) < 4.78 is 5.17. The number of hydrogen-bond acceptors (Lipinski definition) is 2. The van der Waals surface area contributed by atoms with Crippen molar-refractivity contribution in [3.8, 4) is 0 Å². The van der Waals surface area contributed by atoms with E-state index in [0.717, 1.165) is 12.0 Å². The topological polar surface area (TPSA) is 29.5 Å². The highest BCUT2D eigenvalue weighted by Gasteiger charge is 1.93. The number of hydrogen-bond donors (Lipinski definition) is 1. The highest BCUT2D eigenvalue weighted by Crippen LogP contribution is 2.05. The maximum atomic E-state index is 8.50. The van der Waals surface area contributed by atoms with E-state index in [9.17, 15) is 0 Å². The van der Waals surface area contributed by atoms with E-state index < -0.39 is 0 Å². The van der Waals surface area contributed by atoms with E-state index in [-0.39, 0.29) is 6.61 Å². The molecule has 0 heterocycles. The van der Waals surface area contributed by atoms with Crippen molar-refractivity contribution < 1.29 is 9.84 Å². The Kier molecular flexibility index (Phi) is 4.97. The van der Waals surface area contributed by atoms with Crippen LogP contribution < -0.4 is 0 Å². The first-order valence-corrected chi connectivity index (χ1v) is 4.77. The van der Waals surface area contributed by atoms with Crippen LogP contribution in [0.1, 0.15) is 11.1 Å². The molecule has 0 amide bonds. The van der Waals surface area contributed by atoms with E-state index in [4.69, 9.17) is 9.84 Å². The van der Waals surface area contributed by atoms with Gasteiger partial charge in [-0.2, -0.15) is 0 Å². The quantitative estimate of drug-likeness (QED) is 0.697. The fourth-order valence-corrected chi connectivity index (χ4v) is 1.18. The lowest BCUT2D eigenvalue weighted by Gasteiger charge is -2.02. The Balaban J connectivity index is 2.32. The Morgan fingerprint density at radius 1 is 1.21 bits per heavy atom. The van der Waals surface area contributed by atoms with Crippen LogP contribution in [-0.4, -0.2) is 24.9 Å². The fourth-order valence-electron chi connectivity index (χ4n) is 1.18. The average Bonchev–Trinajstić information content (AvgIpc) is 2.25. The number of aliphatic hydroxyl groups is 1. The zero-order valence-corrected chi connectivity index (χ0v) is 8.28. The lowest BCUT2D eigenvalue weighted by atomic mass is 10.1. The molecule has 1 rings (SSSR count). The Labute approximate surface area is 84.8 Å². The number of rotatable bonds is 6. The average molecular weight is 192 g/mol. The van der Waals surface area contributed by atoms with E-state index >= 15 is 0 Å². The summed E-state index contributed by atoms with van der Waals surface area (Å²) in [7, 11) is 0. The monoisotopic (exact) mass is 192 g/mol. The molecule has 0 fully saturated rings. The predicted molar refractivity (Wildman–Crippen MR) is 58.1 cm³/mol. The van der Waals surface area contributed by atoms with Crippen molar-refractivity contribution in [2.24, 2.45) is 0 Å². The predicted octanol–water partition coefficient (Wildman–Crippen LogP) is 1.88. The summed E-state index contributed by atoms with van der Waals surface area (Å²) in [4.78, 5) is 0. The minimum Gasteiger partial charge on any atom is -0.394 e. The number of aliphatic hydroxyl groups excluding tert-OH is 1. The van der Waals surface area contributed by atoms with Crippen molar-refractivity contribution >= 4 is 6.08 Å². The first-order valence-electron chi connectivity index (χ1n) is 4.77. The largest absolute Gasteiger partial charge is 0.394 e. The molecule has 0 saturated carbocycles. The van der Waals surface area contributed by atoms with Crippen LogP contribution in [0, 0.1) is 0 Å². The Hall–Kier alpha value is -1.12. The summed E-state index contributed by atoms with van der Waals surface area (Å²) >= 11 is 0. The van der Waals surface area contributed by atoms with Crippen LogP contribution in [0.15, 0.2) is 30.8 Å². The molecule has 0 aliphatic carbocycles. The molecule has 0 saturated heterocycles. The zero-order valence-electron chi connectivity index (χ0n) is 8.28. The summed E-state index contributed by atoms with van der Waals surface area (Å²) in [5, 5.41) is 8.50. The summed E-state index contributed by atoms with van der Waals surface area (Å²) in [6.45, 7) is 4.87. The van der Waals surface area contributed by atoms with Crippen LogP contribution >= 0.6 is 0 Å². The van der Waals surface area contributed by atoms with Crippen LogP contribution in [-0.2, 0) is 11.2 Å². The normalized spacial score (nSPS) is 10.1. The van der Waals surface area contributed by atoms with Crippen molar-refractivity contribution in [3.05, 3.63) is 42.0 Å². The van der Waals surface area contributed by atoms with Crippen molar-refractivity contribution in [3.63, 3.8) is 0 Å². The van der Waals surface area contributed by atoms with Gasteiger partial charge in [-0.05, 0) is 17.5 Å². The minimum atomic E-state index is 0.0927. The third-order valence-electron chi connectivity index (χ3n) is 1.99. The molecule has 0 bridgehead atoms. The van der Waals surface area contributed by atoms with Gasteiger partial charge in [-0.15, -0.1) is 0 Å². The van der Waals surface area contributed by atoms with Crippen LogP contribution in [0.3, 0.4) is 0 Å². The summed E-state index contributed by atoms with van der Waals surface area (Å²) in [6, 6.07) is 8.21. The van der Waals surface area contributed by atoms with Gasteiger partial charge >= 0.3 is 0 Å². The summed E-state index contributed by atoms with van der Waals surface area (Å²) in [6.07, 6.45) is 2.71. The van der Waals surface area contributed by atoms with E-state index in [2.05, 4.69) is 18.7 Å². The molecule has 1 aromatic carbocycles. The number of benzene rings is 1. The van der Waals surface area contributed by atoms with E-state index in [1.54, 1.807) is 0 Å². The molecule has 76 valence electrons. The summed E-state index contributed by atoms with van der Waals surface area (Å²) in [5.74, 6) is 0. The molecule has 0 spiro atoms. The maximum absolute atomic E-state index is 8.50. The second-order valence-corrected chi connectivity index (χ2v) is 3.03. The second-order valence-electron chi connectivity index (χ2n) is 3.03. The van der Waals surface area contributed by atoms with E-state index in [0.29, 0.717) is 13.2 Å². The molecule has 1 N–H and O–H groups in total. The van der Waals surface area contributed by atoms with Gasteiger partial charge < -0.3 is 9.84 Å². The first-order chi connectivity index (χ1) is 6.86. The van der Waals surface area contributed by atoms with Crippen LogP contribution in [0.5, 0.6) is 0 Å². The van der Waals surface area contributed by atoms with Crippen LogP contribution in [0.4, 0.5) is 0 Å². The Morgan fingerprint density at radius 2 is 1.93 bits per heavy atom. The van der Waals surface area contributed by atoms with E-state index in [1.807, 2.05) is 18.2 Å². The summed E-state index contributed by atoms with van der Waals surface area (Å²) in [5.41, 5.74) is 2.37. The van der Waals surface area contributed by atoms with Crippen molar-refractivity contribution in [2.75, 3.05) is 19.8 Å². The lowest BCUT2D eigenvalue weighted by molar-refractivity contribution is 0.0944. The molecule has 2 heteroatoms. The second kappa shape index (κ2) is 6.35. The zero-order chi connectivity index (χ0) is 10.2. The van der Waals surface area contributed by atoms with Crippen molar-refractivity contribution in [1.82, 2.24) is 0 Å². The molecule has 0 unspecified atom stereocenters. The minimum absolute atomic E-state index is 0.0927. The molecule has 0 radical (unpaired) electrons. The van der Waals surface area contributed by atoms with Gasteiger partial charge in [-0.3, -0.25) is 0 Å². The Bertz CT molecular complexity index is 264. The van der Waals surface area contributed by atoms with Gasteiger partial charge in [-0.1, -0.05) is 36.9 Å². The van der Waals surface area contributed by atoms with Gasteiger partial charge in [-0.25, -0.2) is 0 Å². The fraction of sp³-hybridized carbons (Fsp3) is 0.333. The Morgan fingerprint density at radius 3 is 2.50 bits per heavy atom. The molecule has 0 aliphatic heterocycles. The third kappa shape index (κ3) is 3.73. The highest BCUT2D eigenvalue weighted by molar-refractivity contribution is 5.47. The van der Waals surface area contributed by atoms with Crippen LogP contribution in [0.2, 0.25) is 0 Å². The third-order valence-corrected chi connectivity index (χ3v) is 1.99. The van der Waals surface area contributed by atoms with Gasteiger partial charge in [0.15, 0.2) is 0 Å². The van der Waals surface area contributed by atoms with Gasteiger partial charge in [0.25, 0.3) is 0 Å². The van der Waals surface area contributed by atoms with Gasteiger partial charge in [0.1, 0.15) is 0 Å². The first kappa shape index (κ1) is 11.0. The van der Waals surface area contributed by atoms with Crippen molar-refractivity contribution in [2.45, 2.75) is 6.42 Å². The maximum Gasteiger partial charge on any atom is 0.0697 e. The van der Waals surface area contributed by atoms with E-state index in [1.165, 1.54) is 5.56 Å². The molecular formula is C12H16O2. The standard InChI is InChI=1S/C12H16O2/c1-2-11-3-5-12(6-4-11)7-9-14-10-8-13/h2-6,13H,1,7-10H2. The molecule has 2 nitrogen and oxygen atoms in total. The molecule has 1 aromatic rings. The molecule has 14 heavy (non-hydrogen) atoms. The molecule has 0 aliphatic rings. The van der Waals surface area contributed by atoms with Crippen molar-refractivity contribution in [1.29, 1.82) is 0 Å². The van der Waals surface area contributed by atoms with Gasteiger partial charge in [0.2, 0.25) is 0 Å². The number of ether oxygens (including phenoxy) is 1. The SMILES string of the molecule is C=Cc1ccc(CCOCCO)cc1. The molecule has 0 atom stereocenters. The van der Waals surface area contributed by atoms with Crippen LogP contribution in [0.25, 0.3) is 6.08 Å². The smallest absolute Gasteiger partial charge is 0.0697 e. The van der Waals surface area contributed by atoms with Gasteiger partial charge in [0, 0.05) is 0 Å². The molecular weight excluding hydrogens is 176 g/mol.